The second-order valence-electron chi connectivity index (χ2n) is 7.44. The fourth-order valence-corrected chi connectivity index (χ4v) is 3.76. The molecule has 1 saturated heterocycles. The van der Waals surface area contributed by atoms with Gasteiger partial charge in [0.05, 0.1) is 12.8 Å². The van der Waals surface area contributed by atoms with Gasteiger partial charge in [0.1, 0.15) is 5.56 Å². The number of amides is 1. The maximum absolute atomic E-state index is 12.8. The first-order valence-electron chi connectivity index (χ1n) is 9.90. The van der Waals surface area contributed by atoms with Gasteiger partial charge in [0.2, 0.25) is 5.88 Å². The summed E-state index contributed by atoms with van der Waals surface area (Å²) in [5.41, 5.74) is 2.02. The molecule has 4 rings (SSSR count). The van der Waals surface area contributed by atoms with Gasteiger partial charge in [0.15, 0.2) is 0 Å². The Kier molecular flexibility index (Phi) is 5.60. The number of piperidine rings is 1. The quantitative estimate of drug-likeness (QED) is 0.636. The summed E-state index contributed by atoms with van der Waals surface area (Å²) in [6.45, 7) is 1.79. The maximum Gasteiger partial charge on any atom is 0.266 e. The lowest BCUT2D eigenvalue weighted by molar-refractivity contribution is 0.0677. The van der Waals surface area contributed by atoms with E-state index in [2.05, 4.69) is 15.2 Å². The molecule has 0 radical (unpaired) electrons. The van der Waals surface area contributed by atoms with Gasteiger partial charge in [-0.3, -0.25) is 19.3 Å². The van der Waals surface area contributed by atoms with Crippen LogP contribution in [0.4, 0.5) is 0 Å². The Morgan fingerprint density at radius 1 is 1.13 bits per heavy atom. The zero-order chi connectivity index (χ0) is 21.1. The van der Waals surface area contributed by atoms with E-state index in [1.807, 2.05) is 17.0 Å². The number of ether oxygens (including phenoxy) is 1. The van der Waals surface area contributed by atoms with Crippen LogP contribution in [0.15, 0.2) is 47.7 Å². The predicted molar refractivity (Wildman–Crippen MR) is 110 cm³/mol. The molecule has 9 nitrogen and oxygen atoms in total. The Hall–Kier alpha value is -3.49. The highest BCUT2D eigenvalue weighted by Crippen LogP contribution is 2.23. The highest BCUT2D eigenvalue weighted by molar-refractivity contribution is 5.96. The highest BCUT2D eigenvalue weighted by Gasteiger charge is 2.27. The Morgan fingerprint density at radius 3 is 2.57 bits per heavy atom. The lowest BCUT2D eigenvalue weighted by Crippen LogP contribution is -2.40. The van der Waals surface area contributed by atoms with Gasteiger partial charge < -0.3 is 9.64 Å². The smallest absolute Gasteiger partial charge is 0.266 e. The number of carbonyl (C=O) groups is 1. The van der Waals surface area contributed by atoms with E-state index >= 15 is 0 Å². The molecule has 4 heterocycles. The molecule has 1 amide bonds. The van der Waals surface area contributed by atoms with E-state index in [1.54, 1.807) is 42.5 Å². The molecule has 0 atom stereocenters. The lowest BCUT2D eigenvalue weighted by atomic mass is 9.96. The molecule has 1 aliphatic rings. The van der Waals surface area contributed by atoms with E-state index in [0.29, 0.717) is 31.1 Å². The monoisotopic (exact) mass is 408 g/mol. The van der Waals surface area contributed by atoms with Crippen molar-refractivity contribution in [3.63, 3.8) is 0 Å². The number of aryl methyl sites for hydroxylation is 1. The standard InChI is InChI=1S/C21H24N6O3/c1-25-14-17(20(24-25)30-2)21(29)26-11-7-15(8-12-26)13-27-19(28)4-3-18(23-27)16-5-9-22-10-6-16/h3-6,9-10,14-15H,7-8,11-13H2,1-2H3. The van der Waals surface area contributed by atoms with Gasteiger partial charge in [0, 0.05) is 56.9 Å². The van der Waals surface area contributed by atoms with Crippen molar-refractivity contribution in [3.05, 3.63) is 58.8 Å². The van der Waals surface area contributed by atoms with Crippen LogP contribution in [0.3, 0.4) is 0 Å². The number of rotatable bonds is 5. The van der Waals surface area contributed by atoms with E-state index in [-0.39, 0.29) is 17.4 Å². The minimum absolute atomic E-state index is 0.0756. The molecule has 3 aromatic heterocycles. The number of methoxy groups -OCH3 is 1. The molecule has 9 heteroatoms. The molecule has 0 aromatic carbocycles. The van der Waals surface area contributed by atoms with Crippen molar-refractivity contribution in [3.8, 4) is 17.1 Å². The molecule has 0 saturated carbocycles. The second kappa shape index (κ2) is 8.48. The molecule has 156 valence electrons. The van der Waals surface area contributed by atoms with Crippen molar-refractivity contribution in [2.75, 3.05) is 20.2 Å². The fraction of sp³-hybridized carbons (Fsp3) is 0.381. The van der Waals surface area contributed by atoms with E-state index in [0.717, 1.165) is 24.1 Å². The first-order valence-corrected chi connectivity index (χ1v) is 9.90. The van der Waals surface area contributed by atoms with Gasteiger partial charge >= 0.3 is 0 Å². The Labute approximate surface area is 173 Å². The maximum atomic E-state index is 12.8. The van der Waals surface area contributed by atoms with Crippen LogP contribution in [0.1, 0.15) is 23.2 Å². The molecule has 0 spiro atoms. The minimum atomic E-state index is -0.119. The third kappa shape index (κ3) is 4.10. The predicted octanol–water partition coefficient (Wildman–Crippen LogP) is 1.60. The Morgan fingerprint density at radius 2 is 1.87 bits per heavy atom. The van der Waals surface area contributed by atoms with Crippen LogP contribution >= 0.6 is 0 Å². The third-order valence-electron chi connectivity index (χ3n) is 5.39. The van der Waals surface area contributed by atoms with Crippen LogP contribution in [0.25, 0.3) is 11.3 Å². The van der Waals surface area contributed by atoms with Crippen LogP contribution in [0.2, 0.25) is 0 Å². The third-order valence-corrected chi connectivity index (χ3v) is 5.39. The minimum Gasteiger partial charge on any atom is -0.479 e. The summed E-state index contributed by atoms with van der Waals surface area (Å²) >= 11 is 0. The summed E-state index contributed by atoms with van der Waals surface area (Å²) in [4.78, 5) is 31.0. The topological polar surface area (TPSA) is 95.1 Å². The van der Waals surface area contributed by atoms with Crippen LogP contribution in [0, 0.1) is 5.92 Å². The van der Waals surface area contributed by atoms with Gasteiger partial charge in [-0.15, -0.1) is 5.10 Å². The van der Waals surface area contributed by atoms with E-state index < -0.39 is 0 Å². The number of hydrogen-bond acceptors (Lipinski definition) is 6. The molecule has 0 bridgehead atoms. The van der Waals surface area contributed by atoms with Gasteiger partial charge in [-0.2, -0.15) is 5.10 Å². The van der Waals surface area contributed by atoms with Crippen LogP contribution in [0.5, 0.6) is 5.88 Å². The molecule has 3 aromatic rings. The number of likely N-dealkylation sites (tertiary alicyclic amines) is 1. The number of carbonyl (C=O) groups excluding carboxylic acids is 1. The molecule has 30 heavy (non-hydrogen) atoms. The number of nitrogens with zero attached hydrogens (tertiary/aromatic N) is 6. The van der Waals surface area contributed by atoms with Gasteiger partial charge in [-0.25, -0.2) is 4.68 Å². The van der Waals surface area contributed by atoms with Crippen LogP contribution < -0.4 is 10.3 Å². The van der Waals surface area contributed by atoms with Crippen molar-refractivity contribution in [1.82, 2.24) is 29.4 Å². The average molecular weight is 408 g/mol. The summed E-state index contributed by atoms with van der Waals surface area (Å²) < 4.78 is 8.32. The largest absolute Gasteiger partial charge is 0.479 e. The van der Waals surface area contributed by atoms with Gasteiger partial charge in [-0.05, 0) is 37.0 Å². The molecule has 0 aliphatic carbocycles. The zero-order valence-electron chi connectivity index (χ0n) is 17.1. The first kappa shape index (κ1) is 19.8. The zero-order valence-corrected chi connectivity index (χ0v) is 17.1. The molecule has 0 N–H and O–H groups in total. The van der Waals surface area contributed by atoms with Crippen molar-refractivity contribution in [2.45, 2.75) is 19.4 Å². The second-order valence-corrected chi connectivity index (χ2v) is 7.44. The van der Waals surface area contributed by atoms with E-state index in [4.69, 9.17) is 4.74 Å². The molecule has 1 fully saturated rings. The normalized spacial score (nSPS) is 14.7. The van der Waals surface area contributed by atoms with Crippen molar-refractivity contribution >= 4 is 5.91 Å². The van der Waals surface area contributed by atoms with E-state index in [1.165, 1.54) is 11.8 Å². The number of hydrogen-bond donors (Lipinski definition) is 0. The number of pyridine rings is 1. The average Bonchev–Trinajstić information content (AvgIpc) is 3.16. The highest BCUT2D eigenvalue weighted by atomic mass is 16.5. The number of aromatic nitrogens is 5. The molecular formula is C21H24N6O3. The van der Waals surface area contributed by atoms with Gasteiger partial charge in [-0.1, -0.05) is 0 Å². The van der Waals surface area contributed by atoms with Crippen molar-refractivity contribution in [2.24, 2.45) is 13.0 Å². The summed E-state index contributed by atoms with van der Waals surface area (Å²) in [6, 6.07) is 7.02. The molecule has 0 unspecified atom stereocenters. The van der Waals surface area contributed by atoms with Crippen molar-refractivity contribution in [1.29, 1.82) is 0 Å². The summed E-state index contributed by atoms with van der Waals surface area (Å²) in [7, 11) is 3.27. The lowest BCUT2D eigenvalue weighted by Gasteiger charge is -2.31. The van der Waals surface area contributed by atoms with Crippen LogP contribution in [-0.4, -0.2) is 55.6 Å². The Bertz CT molecular complexity index is 1080. The summed E-state index contributed by atoms with van der Waals surface area (Å²) in [6.07, 6.45) is 6.71. The van der Waals surface area contributed by atoms with Crippen molar-refractivity contribution < 1.29 is 9.53 Å². The fourth-order valence-electron chi connectivity index (χ4n) is 3.76. The summed E-state index contributed by atoms with van der Waals surface area (Å²) in [5, 5.41) is 8.69. The Balaban J connectivity index is 1.42. The van der Waals surface area contributed by atoms with Crippen LogP contribution in [-0.2, 0) is 13.6 Å². The molecular weight excluding hydrogens is 384 g/mol. The first-order chi connectivity index (χ1) is 14.5. The molecule has 1 aliphatic heterocycles. The SMILES string of the molecule is COc1nn(C)cc1C(=O)N1CCC(Cn2nc(-c3ccncc3)ccc2=O)CC1. The van der Waals surface area contributed by atoms with Gasteiger partial charge in [0.25, 0.3) is 11.5 Å². The summed E-state index contributed by atoms with van der Waals surface area (Å²) in [5.74, 6) is 0.546. The van der Waals surface area contributed by atoms with E-state index in [9.17, 15) is 9.59 Å².